The molecule has 4 aromatic rings. The van der Waals surface area contributed by atoms with Gasteiger partial charge in [0.15, 0.2) is 11.5 Å². The molecule has 146 valence electrons. The Hall–Kier alpha value is -3.45. The summed E-state index contributed by atoms with van der Waals surface area (Å²) >= 11 is 6.01. The molecule has 8 heteroatoms. The number of halogens is 1. The Morgan fingerprint density at radius 3 is 2.79 bits per heavy atom. The van der Waals surface area contributed by atoms with E-state index in [4.69, 9.17) is 16.1 Å². The van der Waals surface area contributed by atoms with Crippen LogP contribution in [0.1, 0.15) is 23.2 Å². The molecule has 29 heavy (non-hydrogen) atoms. The van der Waals surface area contributed by atoms with E-state index < -0.39 is 0 Å². The van der Waals surface area contributed by atoms with Gasteiger partial charge in [0.2, 0.25) is 0 Å². The minimum absolute atomic E-state index is 0.148. The number of nitrogens with zero attached hydrogens (tertiary/aromatic N) is 3. The van der Waals surface area contributed by atoms with Crippen molar-refractivity contribution in [3.63, 3.8) is 0 Å². The molecular formula is C21H17ClN4O3. The zero-order valence-electron chi connectivity index (χ0n) is 15.6. The van der Waals surface area contributed by atoms with Gasteiger partial charge in [0.1, 0.15) is 5.82 Å². The summed E-state index contributed by atoms with van der Waals surface area (Å²) in [6, 6.07) is 15.7. The maximum Gasteiger partial charge on any atom is 0.276 e. The van der Waals surface area contributed by atoms with Gasteiger partial charge in [-0.05, 0) is 31.2 Å². The maximum atomic E-state index is 12.9. The van der Waals surface area contributed by atoms with Crippen molar-refractivity contribution in [3.8, 4) is 11.3 Å². The summed E-state index contributed by atoms with van der Waals surface area (Å²) < 4.78 is 5.32. The van der Waals surface area contributed by atoms with Gasteiger partial charge in [-0.3, -0.25) is 9.59 Å². The summed E-state index contributed by atoms with van der Waals surface area (Å²) in [5, 5.41) is 4.97. The van der Waals surface area contributed by atoms with Crippen LogP contribution in [-0.2, 0) is 6.54 Å². The Morgan fingerprint density at radius 2 is 2.00 bits per heavy atom. The van der Waals surface area contributed by atoms with E-state index in [0.29, 0.717) is 34.1 Å². The number of aromatic amines is 1. The molecule has 0 saturated carbocycles. The van der Waals surface area contributed by atoms with Crippen LogP contribution in [0.25, 0.3) is 22.2 Å². The van der Waals surface area contributed by atoms with Crippen molar-refractivity contribution in [3.05, 3.63) is 81.5 Å². The van der Waals surface area contributed by atoms with Gasteiger partial charge in [0, 0.05) is 23.2 Å². The third kappa shape index (κ3) is 3.90. The highest BCUT2D eigenvalue weighted by Gasteiger charge is 2.21. The predicted molar refractivity (Wildman–Crippen MR) is 110 cm³/mol. The van der Waals surface area contributed by atoms with Gasteiger partial charge in [-0.15, -0.1) is 0 Å². The Labute approximate surface area is 170 Å². The molecule has 2 aromatic carbocycles. The normalized spacial score (nSPS) is 11.0. The van der Waals surface area contributed by atoms with Gasteiger partial charge in [0.25, 0.3) is 11.5 Å². The molecule has 0 bridgehead atoms. The van der Waals surface area contributed by atoms with Crippen molar-refractivity contribution in [1.29, 1.82) is 0 Å². The van der Waals surface area contributed by atoms with Gasteiger partial charge >= 0.3 is 0 Å². The number of hydrogen-bond donors (Lipinski definition) is 1. The lowest BCUT2D eigenvalue weighted by molar-refractivity contribution is 0.0738. The van der Waals surface area contributed by atoms with Crippen LogP contribution in [0.2, 0.25) is 5.02 Å². The van der Waals surface area contributed by atoms with Crippen molar-refractivity contribution in [1.82, 2.24) is 20.0 Å². The molecule has 0 radical (unpaired) electrons. The fraction of sp³-hybridized carbons (Fsp3) is 0.143. The van der Waals surface area contributed by atoms with Crippen LogP contribution in [0.3, 0.4) is 0 Å². The molecule has 1 amide bonds. The summed E-state index contributed by atoms with van der Waals surface area (Å²) in [4.78, 5) is 33.9. The molecule has 1 N–H and O–H groups in total. The fourth-order valence-electron chi connectivity index (χ4n) is 3.03. The molecule has 0 aliphatic carbocycles. The van der Waals surface area contributed by atoms with E-state index in [2.05, 4.69) is 15.1 Å². The molecule has 2 heterocycles. The standard InChI is InChI=1S/C21H17ClN4O3/c1-2-26(12-19-23-16-9-4-3-8-15(16)20(27)24-19)21(28)17-11-18(29-25-17)13-6-5-7-14(22)10-13/h3-11H,2,12H2,1H3,(H,23,24,27). The highest BCUT2D eigenvalue weighted by atomic mass is 35.5. The van der Waals surface area contributed by atoms with E-state index in [9.17, 15) is 9.59 Å². The fourth-order valence-corrected chi connectivity index (χ4v) is 3.22. The Morgan fingerprint density at radius 1 is 1.17 bits per heavy atom. The molecule has 7 nitrogen and oxygen atoms in total. The molecule has 0 spiro atoms. The minimum atomic E-state index is -0.319. The van der Waals surface area contributed by atoms with Gasteiger partial charge in [-0.2, -0.15) is 0 Å². The van der Waals surface area contributed by atoms with E-state index in [1.165, 1.54) is 4.90 Å². The molecule has 0 fully saturated rings. The van der Waals surface area contributed by atoms with Gasteiger partial charge < -0.3 is 14.4 Å². The van der Waals surface area contributed by atoms with Crippen LogP contribution >= 0.6 is 11.6 Å². The third-order valence-electron chi connectivity index (χ3n) is 4.51. The average molecular weight is 409 g/mol. The van der Waals surface area contributed by atoms with Gasteiger partial charge in [-0.1, -0.05) is 41.0 Å². The Bertz CT molecular complexity index is 1250. The predicted octanol–water partition coefficient (Wildman–Crippen LogP) is 3.89. The number of amides is 1. The SMILES string of the molecule is CCN(Cc1nc2ccccc2c(=O)[nH]1)C(=O)c1cc(-c2cccc(Cl)c2)on1. The highest BCUT2D eigenvalue weighted by molar-refractivity contribution is 6.30. The van der Waals surface area contributed by atoms with Crippen LogP contribution < -0.4 is 5.56 Å². The second-order valence-electron chi connectivity index (χ2n) is 6.44. The second kappa shape index (κ2) is 7.89. The quantitative estimate of drug-likeness (QED) is 0.540. The highest BCUT2D eigenvalue weighted by Crippen LogP contribution is 2.24. The second-order valence-corrected chi connectivity index (χ2v) is 6.87. The van der Waals surface area contributed by atoms with E-state index in [-0.39, 0.29) is 23.7 Å². The van der Waals surface area contributed by atoms with Crippen LogP contribution in [0.5, 0.6) is 0 Å². The maximum absolute atomic E-state index is 12.9. The van der Waals surface area contributed by atoms with Crippen LogP contribution in [-0.4, -0.2) is 32.5 Å². The summed E-state index contributed by atoms with van der Waals surface area (Å²) in [5.41, 5.74) is 1.25. The summed E-state index contributed by atoms with van der Waals surface area (Å²) in [5.74, 6) is 0.534. The minimum Gasteiger partial charge on any atom is -0.355 e. The first-order valence-electron chi connectivity index (χ1n) is 9.05. The van der Waals surface area contributed by atoms with Crippen LogP contribution in [0.15, 0.2) is 63.9 Å². The number of para-hydroxylation sites is 1. The lowest BCUT2D eigenvalue weighted by atomic mass is 10.1. The van der Waals surface area contributed by atoms with E-state index in [0.717, 1.165) is 5.56 Å². The molecule has 0 aliphatic rings. The smallest absolute Gasteiger partial charge is 0.276 e. The Balaban J connectivity index is 1.58. The summed E-state index contributed by atoms with van der Waals surface area (Å²) in [6.45, 7) is 2.40. The first-order valence-corrected chi connectivity index (χ1v) is 9.43. The topological polar surface area (TPSA) is 92.1 Å². The van der Waals surface area contributed by atoms with E-state index >= 15 is 0 Å². The number of carbonyl (C=O) groups excluding carboxylic acids is 1. The number of carbonyl (C=O) groups is 1. The summed E-state index contributed by atoms with van der Waals surface area (Å²) in [7, 11) is 0. The zero-order valence-corrected chi connectivity index (χ0v) is 16.3. The number of nitrogens with one attached hydrogen (secondary N) is 1. The number of aromatic nitrogens is 3. The van der Waals surface area contributed by atoms with Crippen molar-refractivity contribution in [2.45, 2.75) is 13.5 Å². The van der Waals surface area contributed by atoms with Gasteiger partial charge in [-0.25, -0.2) is 4.98 Å². The summed E-state index contributed by atoms with van der Waals surface area (Å²) in [6.07, 6.45) is 0. The third-order valence-corrected chi connectivity index (χ3v) is 4.74. The molecule has 0 aliphatic heterocycles. The molecule has 0 atom stereocenters. The first kappa shape index (κ1) is 18.9. The van der Waals surface area contributed by atoms with Crippen LogP contribution in [0.4, 0.5) is 0 Å². The Kier molecular flexibility index (Phi) is 5.14. The molecule has 2 aromatic heterocycles. The number of fused-ring (bicyclic) bond motifs is 1. The van der Waals surface area contributed by atoms with Crippen LogP contribution in [0, 0.1) is 0 Å². The molecule has 4 rings (SSSR count). The number of benzene rings is 2. The first-order chi connectivity index (χ1) is 14.0. The lowest BCUT2D eigenvalue weighted by Gasteiger charge is -2.18. The molecular weight excluding hydrogens is 392 g/mol. The van der Waals surface area contributed by atoms with E-state index in [1.807, 2.05) is 19.1 Å². The zero-order chi connectivity index (χ0) is 20.4. The van der Waals surface area contributed by atoms with Crippen molar-refractivity contribution in [2.24, 2.45) is 0 Å². The monoisotopic (exact) mass is 408 g/mol. The van der Waals surface area contributed by atoms with Crippen molar-refractivity contribution >= 4 is 28.4 Å². The largest absolute Gasteiger partial charge is 0.355 e. The van der Waals surface area contributed by atoms with E-state index in [1.54, 1.807) is 42.5 Å². The lowest BCUT2D eigenvalue weighted by Crippen LogP contribution is -2.32. The number of H-pyrrole nitrogens is 1. The average Bonchev–Trinajstić information content (AvgIpc) is 3.22. The molecule has 0 saturated heterocycles. The number of hydrogen-bond acceptors (Lipinski definition) is 5. The van der Waals surface area contributed by atoms with Crippen molar-refractivity contribution < 1.29 is 9.32 Å². The number of rotatable bonds is 5. The van der Waals surface area contributed by atoms with Gasteiger partial charge in [0.05, 0.1) is 17.4 Å². The van der Waals surface area contributed by atoms with Crippen molar-refractivity contribution in [2.75, 3.05) is 6.54 Å². The molecule has 0 unspecified atom stereocenters.